The third-order valence-corrected chi connectivity index (χ3v) is 4.36. The lowest BCUT2D eigenvalue weighted by atomic mass is 10.1. The Balaban J connectivity index is 1.41. The first-order valence-corrected chi connectivity index (χ1v) is 8.50. The van der Waals surface area contributed by atoms with Gasteiger partial charge in [-0.3, -0.25) is 9.78 Å². The van der Waals surface area contributed by atoms with Crippen molar-refractivity contribution < 1.29 is 14.3 Å². The summed E-state index contributed by atoms with van der Waals surface area (Å²) in [4.78, 5) is 16.9. The fourth-order valence-corrected chi connectivity index (χ4v) is 2.96. The van der Waals surface area contributed by atoms with Crippen LogP contribution in [-0.2, 0) is 16.1 Å². The van der Waals surface area contributed by atoms with Gasteiger partial charge in [0.25, 0.3) is 5.91 Å². The smallest absolute Gasteiger partial charge is 0.251 e. The van der Waals surface area contributed by atoms with Crippen molar-refractivity contribution in [3.8, 4) is 0 Å². The summed E-state index contributed by atoms with van der Waals surface area (Å²) in [7, 11) is 0. The Hall–Kier alpha value is -2.84. The van der Waals surface area contributed by atoms with E-state index in [1.54, 1.807) is 24.4 Å². The molecule has 1 aromatic carbocycles. The van der Waals surface area contributed by atoms with Gasteiger partial charge < -0.3 is 14.8 Å². The van der Waals surface area contributed by atoms with Gasteiger partial charge in [-0.15, -0.1) is 0 Å². The quantitative estimate of drug-likeness (QED) is 0.720. The van der Waals surface area contributed by atoms with Gasteiger partial charge in [-0.2, -0.15) is 15.4 Å². The second kappa shape index (κ2) is 7.59. The summed E-state index contributed by atoms with van der Waals surface area (Å²) < 4.78 is 11.5. The first kappa shape index (κ1) is 16.6. The van der Waals surface area contributed by atoms with Gasteiger partial charge in [-0.25, -0.2) is 0 Å². The number of rotatable bonds is 5. The van der Waals surface area contributed by atoms with E-state index in [4.69, 9.17) is 9.47 Å². The molecule has 2 aromatic heterocycles. The van der Waals surface area contributed by atoms with E-state index in [2.05, 4.69) is 25.7 Å². The standard InChI is InChI=1S/C18H19N5O3/c24-18(12-4-5-14-15(9-12)22-23-21-14)20-16-11-25-8-6-17(16)26-10-13-3-1-2-7-19-13/h1-5,7,9,16-17H,6,8,10-11H2,(H,20,24)(H,21,22,23)/t16-,17-/m1/s1. The van der Waals surface area contributed by atoms with Gasteiger partial charge in [0.1, 0.15) is 11.0 Å². The predicted molar refractivity (Wildman–Crippen MR) is 93.4 cm³/mol. The van der Waals surface area contributed by atoms with Crippen molar-refractivity contribution in [3.63, 3.8) is 0 Å². The molecule has 2 atom stereocenters. The number of aromatic amines is 1. The van der Waals surface area contributed by atoms with Gasteiger partial charge in [-0.1, -0.05) is 6.07 Å². The number of nitrogens with zero attached hydrogens (tertiary/aromatic N) is 3. The monoisotopic (exact) mass is 353 g/mol. The number of hydrogen-bond acceptors (Lipinski definition) is 6. The molecule has 0 radical (unpaired) electrons. The predicted octanol–water partition coefficient (Wildman–Crippen LogP) is 1.46. The second-order valence-corrected chi connectivity index (χ2v) is 6.14. The zero-order valence-electron chi connectivity index (χ0n) is 14.1. The van der Waals surface area contributed by atoms with E-state index < -0.39 is 0 Å². The van der Waals surface area contributed by atoms with Crippen LogP contribution in [0.3, 0.4) is 0 Å². The summed E-state index contributed by atoms with van der Waals surface area (Å²) in [5.41, 5.74) is 2.76. The summed E-state index contributed by atoms with van der Waals surface area (Å²) in [5.74, 6) is -0.183. The molecule has 1 saturated heterocycles. The van der Waals surface area contributed by atoms with E-state index in [0.717, 1.165) is 17.6 Å². The molecule has 0 saturated carbocycles. The van der Waals surface area contributed by atoms with Crippen LogP contribution in [0.4, 0.5) is 0 Å². The highest BCUT2D eigenvalue weighted by Gasteiger charge is 2.28. The van der Waals surface area contributed by atoms with E-state index >= 15 is 0 Å². The molecular weight excluding hydrogens is 334 g/mol. The number of fused-ring (bicyclic) bond motifs is 1. The molecule has 3 heterocycles. The highest BCUT2D eigenvalue weighted by Crippen LogP contribution is 2.16. The molecule has 26 heavy (non-hydrogen) atoms. The molecule has 3 aromatic rings. The highest BCUT2D eigenvalue weighted by molar-refractivity contribution is 5.97. The average Bonchev–Trinajstić information content (AvgIpc) is 3.16. The normalized spacial score (nSPS) is 20.2. The van der Waals surface area contributed by atoms with Crippen LogP contribution in [0.1, 0.15) is 22.5 Å². The Bertz CT molecular complexity index is 883. The number of hydrogen-bond donors (Lipinski definition) is 2. The minimum Gasteiger partial charge on any atom is -0.379 e. The SMILES string of the molecule is O=C(N[C@@H]1COCC[C@H]1OCc1ccccn1)c1ccc2n[nH]nc2c1. The first-order chi connectivity index (χ1) is 12.8. The maximum atomic E-state index is 12.6. The second-order valence-electron chi connectivity index (χ2n) is 6.14. The maximum absolute atomic E-state index is 12.6. The lowest BCUT2D eigenvalue weighted by Crippen LogP contribution is -2.50. The summed E-state index contributed by atoms with van der Waals surface area (Å²) >= 11 is 0. The zero-order valence-corrected chi connectivity index (χ0v) is 14.1. The number of carbonyl (C=O) groups is 1. The molecule has 0 unspecified atom stereocenters. The zero-order chi connectivity index (χ0) is 17.8. The Labute approximate surface area is 149 Å². The van der Waals surface area contributed by atoms with E-state index in [1.165, 1.54) is 0 Å². The number of aromatic nitrogens is 4. The van der Waals surface area contributed by atoms with Crippen molar-refractivity contribution in [2.24, 2.45) is 0 Å². The number of ether oxygens (including phenoxy) is 2. The highest BCUT2D eigenvalue weighted by atomic mass is 16.5. The van der Waals surface area contributed by atoms with Crippen molar-refractivity contribution in [1.29, 1.82) is 0 Å². The summed E-state index contributed by atoms with van der Waals surface area (Å²) in [6.07, 6.45) is 2.34. The van der Waals surface area contributed by atoms with E-state index in [0.29, 0.717) is 30.9 Å². The van der Waals surface area contributed by atoms with Gasteiger partial charge in [-0.05, 0) is 36.8 Å². The summed E-state index contributed by atoms with van der Waals surface area (Å²) in [6, 6.07) is 10.7. The van der Waals surface area contributed by atoms with Crippen LogP contribution in [0.15, 0.2) is 42.6 Å². The molecule has 1 fully saturated rings. The van der Waals surface area contributed by atoms with Crippen LogP contribution in [0, 0.1) is 0 Å². The average molecular weight is 353 g/mol. The topological polar surface area (TPSA) is 102 Å². The molecule has 134 valence electrons. The Kier molecular flexibility index (Phi) is 4.85. The molecule has 0 spiro atoms. The lowest BCUT2D eigenvalue weighted by molar-refractivity contribution is -0.0612. The van der Waals surface area contributed by atoms with Gasteiger partial charge in [0.15, 0.2) is 0 Å². The molecule has 8 heteroatoms. The van der Waals surface area contributed by atoms with Gasteiger partial charge >= 0.3 is 0 Å². The number of benzene rings is 1. The summed E-state index contributed by atoms with van der Waals surface area (Å²) in [6.45, 7) is 1.44. The molecular formula is C18H19N5O3. The number of carbonyl (C=O) groups excluding carboxylic acids is 1. The fourth-order valence-electron chi connectivity index (χ4n) is 2.96. The number of pyridine rings is 1. The minimum atomic E-state index is -0.215. The minimum absolute atomic E-state index is 0.120. The van der Waals surface area contributed by atoms with Gasteiger partial charge in [0.05, 0.1) is 31.1 Å². The fraction of sp³-hybridized carbons (Fsp3) is 0.333. The molecule has 1 amide bonds. The van der Waals surface area contributed by atoms with Crippen LogP contribution in [-0.4, -0.2) is 51.7 Å². The number of H-pyrrole nitrogens is 1. The van der Waals surface area contributed by atoms with Crippen LogP contribution in [0.25, 0.3) is 11.0 Å². The van der Waals surface area contributed by atoms with E-state index in [1.807, 2.05) is 18.2 Å². The Morgan fingerprint density at radius 1 is 1.27 bits per heavy atom. The van der Waals surface area contributed by atoms with Crippen LogP contribution < -0.4 is 5.32 Å². The molecule has 1 aliphatic heterocycles. The van der Waals surface area contributed by atoms with Crippen LogP contribution >= 0.6 is 0 Å². The number of nitrogens with one attached hydrogen (secondary N) is 2. The molecule has 1 aliphatic rings. The van der Waals surface area contributed by atoms with Crippen molar-refractivity contribution in [2.45, 2.75) is 25.2 Å². The van der Waals surface area contributed by atoms with Gasteiger partial charge in [0.2, 0.25) is 0 Å². The molecule has 2 N–H and O–H groups in total. The van der Waals surface area contributed by atoms with E-state index in [-0.39, 0.29) is 18.1 Å². The van der Waals surface area contributed by atoms with Gasteiger partial charge in [0, 0.05) is 18.4 Å². The third kappa shape index (κ3) is 3.71. The van der Waals surface area contributed by atoms with Crippen LogP contribution in [0.5, 0.6) is 0 Å². The first-order valence-electron chi connectivity index (χ1n) is 8.50. The number of amides is 1. The van der Waals surface area contributed by atoms with Crippen LogP contribution in [0.2, 0.25) is 0 Å². The Morgan fingerprint density at radius 2 is 2.19 bits per heavy atom. The lowest BCUT2D eigenvalue weighted by Gasteiger charge is -2.32. The molecule has 0 bridgehead atoms. The molecule has 4 rings (SSSR count). The van der Waals surface area contributed by atoms with Crippen molar-refractivity contribution in [2.75, 3.05) is 13.2 Å². The maximum Gasteiger partial charge on any atom is 0.251 e. The third-order valence-electron chi connectivity index (χ3n) is 4.36. The van der Waals surface area contributed by atoms with Crippen molar-refractivity contribution in [1.82, 2.24) is 25.7 Å². The largest absolute Gasteiger partial charge is 0.379 e. The summed E-state index contributed by atoms with van der Waals surface area (Å²) in [5, 5.41) is 13.6. The molecule has 0 aliphatic carbocycles. The molecule has 8 nitrogen and oxygen atoms in total. The van der Waals surface area contributed by atoms with Crippen molar-refractivity contribution >= 4 is 16.9 Å². The van der Waals surface area contributed by atoms with E-state index in [9.17, 15) is 4.79 Å². The van der Waals surface area contributed by atoms with Crippen molar-refractivity contribution in [3.05, 3.63) is 53.9 Å². The Morgan fingerprint density at radius 3 is 3.08 bits per heavy atom.